The Morgan fingerprint density at radius 3 is 2.89 bits per heavy atom. The standard InChI is InChI=1S/C13H19NO4/c1-3-17-13(15)12(14)9-18-11-6-4-5-10(7-11)8-16-2/h4-7,12H,3,8-9,14H2,1-2H3. The lowest BCUT2D eigenvalue weighted by atomic mass is 10.2. The molecule has 18 heavy (non-hydrogen) atoms. The van der Waals surface area contributed by atoms with Crippen molar-refractivity contribution in [3.63, 3.8) is 0 Å². The number of rotatable bonds is 7. The van der Waals surface area contributed by atoms with Crippen LogP contribution in [0, 0.1) is 0 Å². The van der Waals surface area contributed by atoms with Crippen molar-refractivity contribution < 1.29 is 19.0 Å². The molecule has 0 aliphatic carbocycles. The van der Waals surface area contributed by atoms with E-state index in [4.69, 9.17) is 19.9 Å². The molecule has 1 aromatic rings. The third-order valence-corrected chi connectivity index (χ3v) is 2.23. The first-order valence-electron chi connectivity index (χ1n) is 5.80. The van der Waals surface area contributed by atoms with Crippen LogP contribution in [0.1, 0.15) is 12.5 Å². The maximum atomic E-state index is 11.3. The number of carbonyl (C=O) groups excluding carboxylic acids is 1. The molecule has 0 bridgehead atoms. The van der Waals surface area contributed by atoms with E-state index in [2.05, 4.69) is 0 Å². The maximum Gasteiger partial charge on any atom is 0.326 e. The van der Waals surface area contributed by atoms with E-state index in [1.807, 2.05) is 18.2 Å². The number of ether oxygens (including phenoxy) is 3. The van der Waals surface area contributed by atoms with Crippen molar-refractivity contribution in [3.05, 3.63) is 29.8 Å². The number of carbonyl (C=O) groups is 1. The topological polar surface area (TPSA) is 70.8 Å². The average Bonchev–Trinajstić information content (AvgIpc) is 2.37. The SMILES string of the molecule is CCOC(=O)C(N)COc1cccc(COC)c1. The van der Waals surface area contributed by atoms with E-state index in [-0.39, 0.29) is 6.61 Å². The molecule has 0 fully saturated rings. The molecule has 1 unspecified atom stereocenters. The lowest BCUT2D eigenvalue weighted by molar-refractivity contribution is -0.145. The maximum absolute atomic E-state index is 11.3. The number of methoxy groups -OCH3 is 1. The highest BCUT2D eigenvalue weighted by molar-refractivity contribution is 5.75. The second-order valence-electron chi connectivity index (χ2n) is 3.75. The van der Waals surface area contributed by atoms with Crippen LogP contribution in [0.15, 0.2) is 24.3 Å². The summed E-state index contributed by atoms with van der Waals surface area (Å²) in [6.07, 6.45) is 0. The predicted octanol–water partition coefficient (Wildman–Crippen LogP) is 1.10. The molecule has 1 aromatic carbocycles. The second kappa shape index (κ2) is 7.68. The van der Waals surface area contributed by atoms with Crippen LogP contribution in [0.25, 0.3) is 0 Å². The van der Waals surface area contributed by atoms with E-state index in [9.17, 15) is 4.79 Å². The number of benzene rings is 1. The van der Waals surface area contributed by atoms with Gasteiger partial charge >= 0.3 is 5.97 Å². The Bertz CT molecular complexity index is 381. The number of nitrogens with two attached hydrogens (primary N) is 1. The van der Waals surface area contributed by atoms with E-state index in [1.54, 1.807) is 20.1 Å². The highest BCUT2D eigenvalue weighted by atomic mass is 16.5. The quantitative estimate of drug-likeness (QED) is 0.737. The zero-order valence-electron chi connectivity index (χ0n) is 10.7. The van der Waals surface area contributed by atoms with Crippen LogP contribution in [-0.2, 0) is 20.9 Å². The third-order valence-electron chi connectivity index (χ3n) is 2.23. The Morgan fingerprint density at radius 2 is 2.22 bits per heavy atom. The summed E-state index contributed by atoms with van der Waals surface area (Å²) in [5.74, 6) is 0.204. The van der Waals surface area contributed by atoms with Gasteiger partial charge in [-0.1, -0.05) is 12.1 Å². The number of hydrogen-bond acceptors (Lipinski definition) is 5. The second-order valence-corrected chi connectivity index (χ2v) is 3.75. The van der Waals surface area contributed by atoms with Gasteiger partial charge in [-0.2, -0.15) is 0 Å². The molecule has 1 rings (SSSR count). The van der Waals surface area contributed by atoms with E-state index < -0.39 is 12.0 Å². The first-order chi connectivity index (χ1) is 8.67. The van der Waals surface area contributed by atoms with Gasteiger partial charge in [0.05, 0.1) is 13.2 Å². The zero-order valence-corrected chi connectivity index (χ0v) is 10.7. The number of hydrogen-bond donors (Lipinski definition) is 1. The Hall–Kier alpha value is -1.59. The predicted molar refractivity (Wildman–Crippen MR) is 67.3 cm³/mol. The third kappa shape index (κ3) is 4.73. The summed E-state index contributed by atoms with van der Waals surface area (Å²) in [4.78, 5) is 11.3. The molecular weight excluding hydrogens is 234 g/mol. The van der Waals surface area contributed by atoms with Gasteiger partial charge in [-0.15, -0.1) is 0 Å². The van der Waals surface area contributed by atoms with Crippen molar-refractivity contribution >= 4 is 5.97 Å². The van der Waals surface area contributed by atoms with Crippen LogP contribution in [0.4, 0.5) is 0 Å². The molecule has 0 heterocycles. The van der Waals surface area contributed by atoms with Crippen LogP contribution < -0.4 is 10.5 Å². The highest BCUT2D eigenvalue weighted by Crippen LogP contribution is 2.14. The molecule has 100 valence electrons. The molecule has 0 aliphatic heterocycles. The van der Waals surface area contributed by atoms with Crippen LogP contribution in [0.5, 0.6) is 5.75 Å². The molecule has 0 radical (unpaired) electrons. The smallest absolute Gasteiger partial charge is 0.326 e. The molecule has 1 atom stereocenters. The summed E-state index contributed by atoms with van der Waals surface area (Å²) in [5, 5.41) is 0. The fourth-order valence-corrected chi connectivity index (χ4v) is 1.40. The largest absolute Gasteiger partial charge is 0.491 e. The summed E-state index contributed by atoms with van der Waals surface area (Å²) in [7, 11) is 1.63. The molecule has 0 spiro atoms. The monoisotopic (exact) mass is 253 g/mol. The van der Waals surface area contributed by atoms with Crippen LogP contribution in [0.3, 0.4) is 0 Å². The van der Waals surface area contributed by atoms with E-state index in [0.717, 1.165) is 5.56 Å². The van der Waals surface area contributed by atoms with E-state index in [0.29, 0.717) is 19.0 Å². The zero-order chi connectivity index (χ0) is 13.4. The summed E-state index contributed by atoms with van der Waals surface area (Å²) in [5.41, 5.74) is 6.62. The summed E-state index contributed by atoms with van der Waals surface area (Å²) >= 11 is 0. The van der Waals surface area contributed by atoms with Gasteiger partial charge in [-0.05, 0) is 24.6 Å². The summed E-state index contributed by atoms with van der Waals surface area (Å²) in [6, 6.07) is 6.68. The lowest BCUT2D eigenvalue weighted by Crippen LogP contribution is -2.37. The highest BCUT2D eigenvalue weighted by Gasteiger charge is 2.15. The normalized spacial score (nSPS) is 11.9. The Balaban J connectivity index is 2.47. The van der Waals surface area contributed by atoms with Crippen LogP contribution in [0.2, 0.25) is 0 Å². The van der Waals surface area contributed by atoms with Gasteiger partial charge in [0.25, 0.3) is 0 Å². The first-order valence-corrected chi connectivity index (χ1v) is 5.80. The minimum absolute atomic E-state index is 0.0925. The van der Waals surface area contributed by atoms with Crippen LogP contribution in [-0.4, -0.2) is 32.3 Å². The molecule has 0 saturated heterocycles. The van der Waals surface area contributed by atoms with E-state index >= 15 is 0 Å². The Kier molecular flexibility index (Phi) is 6.18. The van der Waals surface area contributed by atoms with Gasteiger partial charge in [0.1, 0.15) is 18.4 Å². The molecular formula is C13H19NO4. The van der Waals surface area contributed by atoms with Gasteiger partial charge in [-0.25, -0.2) is 0 Å². The van der Waals surface area contributed by atoms with Gasteiger partial charge in [0, 0.05) is 7.11 Å². The van der Waals surface area contributed by atoms with Crippen molar-refractivity contribution in [1.82, 2.24) is 0 Å². The van der Waals surface area contributed by atoms with Gasteiger partial charge in [0.2, 0.25) is 0 Å². The van der Waals surface area contributed by atoms with Gasteiger partial charge in [-0.3, -0.25) is 4.79 Å². The fourth-order valence-electron chi connectivity index (χ4n) is 1.40. The minimum atomic E-state index is -0.768. The number of esters is 1. The lowest BCUT2D eigenvalue weighted by Gasteiger charge is -2.12. The first kappa shape index (κ1) is 14.5. The molecule has 0 saturated carbocycles. The van der Waals surface area contributed by atoms with Crippen LogP contribution >= 0.6 is 0 Å². The molecule has 2 N–H and O–H groups in total. The van der Waals surface area contributed by atoms with Crippen molar-refractivity contribution in [2.24, 2.45) is 5.73 Å². The summed E-state index contributed by atoms with van der Waals surface area (Å²) < 4.78 is 15.3. The van der Waals surface area contributed by atoms with Crippen molar-refractivity contribution in [1.29, 1.82) is 0 Å². The van der Waals surface area contributed by atoms with E-state index in [1.165, 1.54) is 0 Å². The van der Waals surface area contributed by atoms with Gasteiger partial charge in [0.15, 0.2) is 0 Å². The summed E-state index contributed by atoms with van der Waals surface area (Å²) in [6.45, 7) is 2.66. The minimum Gasteiger partial charge on any atom is -0.491 e. The molecule has 5 nitrogen and oxygen atoms in total. The Morgan fingerprint density at radius 1 is 1.44 bits per heavy atom. The molecule has 5 heteroatoms. The average molecular weight is 253 g/mol. The molecule has 0 aromatic heterocycles. The van der Waals surface area contributed by atoms with Crippen molar-refractivity contribution in [2.75, 3.05) is 20.3 Å². The fraction of sp³-hybridized carbons (Fsp3) is 0.462. The molecule has 0 aliphatic rings. The van der Waals surface area contributed by atoms with Crippen molar-refractivity contribution in [2.45, 2.75) is 19.6 Å². The van der Waals surface area contributed by atoms with Gasteiger partial charge < -0.3 is 19.9 Å². The Labute approximate surface area is 107 Å². The van der Waals surface area contributed by atoms with Crippen molar-refractivity contribution in [3.8, 4) is 5.75 Å². The molecule has 0 amide bonds.